The number of nitro groups is 1. The highest BCUT2D eigenvalue weighted by Crippen LogP contribution is 2.56. The first kappa shape index (κ1) is 44.7. The van der Waals surface area contributed by atoms with E-state index < -0.39 is 37.5 Å². The van der Waals surface area contributed by atoms with Gasteiger partial charge in [-0.1, -0.05) is 38.1 Å². The minimum absolute atomic E-state index is 0.112. The van der Waals surface area contributed by atoms with E-state index in [9.17, 15) is 23.3 Å². The van der Waals surface area contributed by atoms with Crippen LogP contribution in [0.15, 0.2) is 83.9 Å². The molecule has 3 aromatic carbocycles. The molecule has 5 aliphatic heterocycles. The SMILES string of the molecule is Cc1ccccc1C1CC(C)(C)CN1C1CC2(CCN(c3ccc(C(=O)NS(=O)(=O)c4ccc(NCC5CCOCC5)c([N+](=O)[O-])c4)c(N4c5cc6cc[nH]c6nc5O[C@@H]5COC[C@H]54)c3)CC2)C1. The standard InChI is InChI=1S/C51H60N8O8S/c1-32-6-4-5-7-38(32)44-27-50(2,3)31-57(44)36-25-51(26-36)15-18-56(19-16-51)35-8-10-39(41(23-35)58-43-22-34-12-17-52-47(34)54-49(43)67-46-30-66-29-45(46)58)48(60)55-68(63,64)37-9-11-40(42(24-37)59(61)62)53-28-33-13-20-65-21-14-33/h4-12,17,22-24,33,36,44-46,53H,13-16,18-21,25-31H2,1-3H3,(H,52,54)(H,55,60)/t44?,45-,46-/m1/s1. The van der Waals surface area contributed by atoms with Crippen molar-refractivity contribution in [1.82, 2.24) is 19.6 Å². The molecule has 1 amide bonds. The third-order valence-electron chi connectivity index (χ3n) is 15.7. The molecule has 5 fully saturated rings. The maximum absolute atomic E-state index is 14.6. The van der Waals surface area contributed by atoms with Gasteiger partial charge in [0.1, 0.15) is 23.1 Å². The second-order valence-corrected chi connectivity index (χ2v) is 22.5. The Kier molecular flexibility index (Phi) is 11.4. The van der Waals surface area contributed by atoms with Crippen molar-refractivity contribution in [2.45, 2.75) is 94.8 Å². The van der Waals surface area contributed by atoms with E-state index in [1.165, 1.54) is 36.1 Å². The number of carbonyl (C=O) groups is 1. The molecule has 1 aliphatic carbocycles. The van der Waals surface area contributed by atoms with E-state index in [0.29, 0.717) is 68.0 Å². The number of likely N-dealkylation sites (tertiary alicyclic amines) is 1. The number of ether oxygens (including phenoxy) is 3. The van der Waals surface area contributed by atoms with Crippen molar-refractivity contribution in [2.75, 3.05) is 67.7 Å². The number of amides is 1. The van der Waals surface area contributed by atoms with Crippen molar-refractivity contribution in [3.05, 3.63) is 106 Å². The summed E-state index contributed by atoms with van der Waals surface area (Å²) in [5.41, 5.74) is 5.96. The van der Waals surface area contributed by atoms with E-state index in [1.54, 1.807) is 6.07 Å². The van der Waals surface area contributed by atoms with E-state index in [4.69, 9.17) is 19.2 Å². The molecule has 1 unspecified atom stereocenters. The minimum atomic E-state index is -4.59. The second kappa shape index (κ2) is 17.3. The van der Waals surface area contributed by atoms with Crippen LogP contribution in [0.3, 0.4) is 0 Å². The molecule has 5 aromatic rings. The number of sulfonamides is 1. The lowest BCUT2D eigenvalue weighted by Gasteiger charge is -2.56. The molecule has 1 saturated carbocycles. The zero-order valence-corrected chi connectivity index (χ0v) is 39.7. The monoisotopic (exact) mass is 944 g/mol. The number of nitro benzene ring substituents is 1. The smallest absolute Gasteiger partial charge is 0.293 e. The predicted octanol–water partition coefficient (Wildman–Crippen LogP) is 8.26. The molecule has 7 heterocycles. The topological polar surface area (TPSA) is 184 Å². The van der Waals surface area contributed by atoms with E-state index in [0.717, 1.165) is 68.9 Å². The van der Waals surface area contributed by atoms with E-state index in [2.05, 4.69) is 69.9 Å². The molecular weight excluding hydrogens is 885 g/mol. The normalized spacial score (nSPS) is 23.8. The Morgan fingerprint density at radius 3 is 2.53 bits per heavy atom. The van der Waals surface area contributed by atoms with Crippen LogP contribution in [0.4, 0.5) is 28.4 Å². The van der Waals surface area contributed by atoms with Gasteiger partial charge in [0, 0.05) is 74.8 Å². The number of aryl methyl sites for hydroxylation is 1. The van der Waals surface area contributed by atoms with Crippen LogP contribution in [-0.4, -0.2) is 105 Å². The number of aromatic nitrogens is 2. The lowest BCUT2D eigenvalue weighted by atomic mass is 9.59. The van der Waals surface area contributed by atoms with Gasteiger partial charge in [-0.25, -0.2) is 13.1 Å². The lowest BCUT2D eigenvalue weighted by molar-refractivity contribution is -0.384. The van der Waals surface area contributed by atoms with Crippen LogP contribution in [0.5, 0.6) is 5.88 Å². The number of piperidine rings is 1. The predicted molar refractivity (Wildman–Crippen MR) is 259 cm³/mol. The molecule has 1 spiro atoms. The number of hydrogen-bond donors (Lipinski definition) is 3. The summed E-state index contributed by atoms with van der Waals surface area (Å²) >= 11 is 0. The molecule has 4 saturated heterocycles. The van der Waals surface area contributed by atoms with Gasteiger partial charge < -0.3 is 34.3 Å². The van der Waals surface area contributed by atoms with E-state index in [1.807, 2.05) is 35.4 Å². The van der Waals surface area contributed by atoms with Gasteiger partial charge in [-0.15, -0.1) is 0 Å². The molecule has 0 radical (unpaired) electrons. The summed E-state index contributed by atoms with van der Waals surface area (Å²) < 4.78 is 48.3. The van der Waals surface area contributed by atoms with Crippen LogP contribution in [0.25, 0.3) is 11.0 Å². The summed E-state index contributed by atoms with van der Waals surface area (Å²) in [4.78, 5) is 41.0. The number of carbonyl (C=O) groups excluding carboxylic acids is 1. The van der Waals surface area contributed by atoms with Gasteiger partial charge in [0.25, 0.3) is 21.6 Å². The number of pyridine rings is 1. The molecule has 6 aliphatic rings. The number of rotatable bonds is 11. The lowest BCUT2D eigenvalue weighted by Crippen LogP contribution is -2.55. The van der Waals surface area contributed by atoms with Crippen LogP contribution in [0.1, 0.15) is 86.3 Å². The summed E-state index contributed by atoms with van der Waals surface area (Å²) in [5.74, 6) is -0.226. The Morgan fingerprint density at radius 1 is 0.956 bits per heavy atom. The fourth-order valence-corrected chi connectivity index (χ4v) is 13.0. The Balaban J connectivity index is 0.871. The number of aromatic amines is 1. The minimum Gasteiger partial charge on any atom is -0.468 e. The van der Waals surface area contributed by atoms with Crippen molar-refractivity contribution in [3.63, 3.8) is 0 Å². The average molecular weight is 945 g/mol. The first-order chi connectivity index (χ1) is 32.7. The first-order valence-electron chi connectivity index (χ1n) is 24.1. The van der Waals surface area contributed by atoms with Crippen LogP contribution < -0.4 is 24.6 Å². The van der Waals surface area contributed by atoms with Crippen LogP contribution >= 0.6 is 0 Å². The molecule has 2 aromatic heterocycles. The summed E-state index contributed by atoms with van der Waals surface area (Å²) in [6.45, 7) is 12.2. The highest BCUT2D eigenvalue weighted by molar-refractivity contribution is 7.90. The number of hydrogen-bond acceptors (Lipinski definition) is 13. The fraction of sp³-hybridized carbons (Fsp3) is 0.490. The Labute approximate surface area is 396 Å². The molecule has 3 N–H and O–H groups in total. The molecule has 3 atom stereocenters. The van der Waals surface area contributed by atoms with Crippen molar-refractivity contribution < 1.29 is 32.3 Å². The highest BCUT2D eigenvalue weighted by atomic mass is 32.2. The molecule has 11 rings (SSSR count). The van der Waals surface area contributed by atoms with Crippen molar-refractivity contribution >= 4 is 55.4 Å². The van der Waals surface area contributed by atoms with Gasteiger partial charge in [-0.05, 0) is 122 Å². The number of nitrogens with zero attached hydrogens (tertiary/aromatic N) is 5. The number of nitrogens with one attached hydrogen (secondary N) is 3. The quantitative estimate of drug-likeness (QED) is 0.0851. The Bertz CT molecular complexity index is 2870. The largest absolute Gasteiger partial charge is 0.468 e. The number of fused-ring (bicyclic) bond motifs is 3. The van der Waals surface area contributed by atoms with Gasteiger partial charge in [0.2, 0.25) is 5.88 Å². The van der Waals surface area contributed by atoms with Crippen molar-refractivity contribution in [1.29, 1.82) is 0 Å². The Morgan fingerprint density at radius 2 is 1.75 bits per heavy atom. The number of benzene rings is 3. The van der Waals surface area contributed by atoms with Crippen molar-refractivity contribution in [3.8, 4) is 5.88 Å². The van der Waals surface area contributed by atoms with E-state index in [-0.39, 0.29) is 34.0 Å². The number of anilines is 4. The van der Waals surface area contributed by atoms with Gasteiger partial charge >= 0.3 is 0 Å². The maximum Gasteiger partial charge on any atom is 0.293 e. The Hall–Kier alpha value is -5.75. The summed E-state index contributed by atoms with van der Waals surface area (Å²) in [6, 6.07) is 22.6. The van der Waals surface area contributed by atoms with Gasteiger partial charge in [0.15, 0.2) is 0 Å². The van der Waals surface area contributed by atoms with E-state index >= 15 is 0 Å². The van der Waals surface area contributed by atoms with Gasteiger partial charge in [-0.3, -0.25) is 19.8 Å². The van der Waals surface area contributed by atoms with Crippen molar-refractivity contribution in [2.24, 2.45) is 16.7 Å². The van der Waals surface area contributed by atoms with Gasteiger partial charge in [0.05, 0.1) is 40.3 Å². The van der Waals surface area contributed by atoms with Gasteiger partial charge in [-0.2, -0.15) is 4.98 Å². The maximum atomic E-state index is 14.6. The van der Waals surface area contributed by atoms with Crippen LogP contribution in [0, 0.1) is 33.8 Å². The fourth-order valence-electron chi connectivity index (χ4n) is 12.0. The number of H-pyrrole nitrogens is 1. The van der Waals surface area contributed by atoms with Crippen LogP contribution in [-0.2, 0) is 19.5 Å². The third kappa shape index (κ3) is 8.34. The highest BCUT2D eigenvalue weighted by Gasteiger charge is 2.52. The van der Waals surface area contributed by atoms with Crippen LogP contribution in [0.2, 0.25) is 0 Å². The second-order valence-electron chi connectivity index (χ2n) is 20.8. The summed E-state index contributed by atoms with van der Waals surface area (Å²) in [6.07, 6.45) is 8.69. The molecule has 68 heavy (non-hydrogen) atoms. The molecular formula is C51H60N8O8S. The molecule has 358 valence electrons. The zero-order chi connectivity index (χ0) is 47.0. The average Bonchev–Trinajstić information content (AvgIpc) is 4.07. The summed E-state index contributed by atoms with van der Waals surface area (Å²) in [5, 5.41) is 16.3. The molecule has 17 heteroatoms. The first-order valence-corrected chi connectivity index (χ1v) is 25.6. The molecule has 16 nitrogen and oxygen atoms in total. The summed E-state index contributed by atoms with van der Waals surface area (Å²) in [7, 11) is -4.59. The third-order valence-corrected chi connectivity index (χ3v) is 17.1. The zero-order valence-electron chi connectivity index (χ0n) is 38.9. The molecule has 0 bridgehead atoms.